The van der Waals surface area contributed by atoms with E-state index < -0.39 is 11.2 Å². The second kappa shape index (κ2) is 9.74. The minimum Gasteiger partial charge on any atom is -0.318 e. The lowest BCUT2D eigenvalue weighted by Gasteiger charge is -2.11. The summed E-state index contributed by atoms with van der Waals surface area (Å²) in [6.07, 6.45) is 3.09. The summed E-state index contributed by atoms with van der Waals surface area (Å²) in [6, 6.07) is 25.3. The van der Waals surface area contributed by atoms with Crippen molar-refractivity contribution >= 4 is 11.2 Å². The van der Waals surface area contributed by atoms with Gasteiger partial charge in [0.2, 0.25) is 0 Å². The van der Waals surface area contributed by atoms with E-state index in [4.69, 9.17) is 4.98 Å². The highest BCUT2D eigenvalue weighted by Gasteiger charge is 2.19. The van der Waals surface area contributed by atoms with Crippen LogP contribution in [0.1, 0.15) is 24.7 Å². The second-order valence-corrected chi connectivity index (χ2v) is 8.94. The highest BCUT2D eigenvalue weighted by Crippen LogP contribution is 2.27. The Hall–Kier alpha value is -5.12. The van der Waals surface area contributed by atoms with E-state index in [0.717, 1.165) is 34.6 Å². The molecule has 0 radical (unpaired) electrons. The van der Waals surface area contributed by atoms with Crippen LogP contribution in [0.4, 0.5) is 0 Å². The quantitative estimate of drug-likeness (QED) is 0.356. The van der Waals surface area contributed by atoms with Gasteiger partial charge in [-0.3, -0.25) is 9.78 Å². The molecular formula is C28H24N8O2. The Kier molecular flexibility index (Phi) is 5.97. The number of hydrogen-bond donors (Lipinski definition) is 1. The molecule has 10 nitrogen and oxygen atoms in total. The van der Waals surface area contributed by atoms with Crippen molar-refractivity contribution in [3.05, 3.63) is 117 Å². The van der Waals surface area contributed by atoms with Crippen LogP contribution < -0.4 is 11.2 Å². The zero-order chi connectivity index (χ0) is 26.1. The van der Waals surface area contributed by atoms with Gasteiger partial charge in [-0.05, 0) is 46.2 Å². The van der Waals surface area contributed by atoms with E-state index in [0.29, 0.717) is 29.8 Å². The number of aryl methyl sites for hydroxylation is 1. The first-order valence-corrected chi connectivity index (χ1v) is 12.4. The number of benzene rings is 3. The summed E-state index contributed by atoms with van der Waals surface area (Å²) in [5.74, 6) is 0.761. The summed E-state index contributed by atoms with van der Waals surface area (Å²) in [4.78, 5) is 33.1. The Morgan fingerprint density at radius 2 is 1.66 bits per heavy atom. The highest BCUT2D eigenvalue weighted by atomic mass is 16.2. The molecule has 0 saturated heterocycles. The molecule has 6 rings (SSSR count). The maximum atomic E-state index is 13.1. The van der Waals surface area contributed by atoms with Crippen molar-refractivity contribution in [2.24, 2.45) is 0 Å². The molecule has 188 valence electrons. The molecule has 1 N–H and O–H groups in total. The van der Waals surface area contributed by atoms with E-state index in [1.807, 2.05) is 83.4 Å². The lowest BCUT2D eigenvalue weighted by Crippen LogP contribution is -2.30. The van der Waals surface area contributed by atoms with Crippen molar-refractivity contribution in [1.82, 2.24) is 39.3 Å². The average Bonchev–Trinajstić information content (AvgIpc) is 3.59. The molecule has 3 heterocycles. The second-order valence-electron chi connectivity index (χ2n) is 8.94. The first-order valence-electron chi connectivity index (χ1n) is 12.4. The van der Waals surface area contributed by atoms with Gasteiger partial charge in [0.15, 0.2) is 11.2 Å². The predicted molar refractivity (Wildman–Crippen MR) is 144 cm³/mol. The third-order valence-corrected chi connectivity index (χ3v) is 6.47. The predicted octanol–water partition coefficient (Wildman–Crippen LogP) is 3.52. The number of fused-ring (bicyclic) bond motifs is 1. The van der Waals surface area contributed by atoms with Crippen molar-refractivity contribution < 1.29 is 0 Å². The Morgan fingerprint density at radius 1 is 0.895 bits per heavy atom. The molecule has 0 fully saturated rings. The zero-order valence-corrected chi connectivity index (χ0v) is 20.7. The lowest BCUT2D eigenvalue weighted by atomic mass is 10.0. The maximum absolute atomic E-state index is 13.1. The number of nitrogens with zero attached hydrogens (tertiary/aromatic N) is 7. The molecule has 38 heavy (non-hydrogen) atoms. The molecular weight excluding hydrogens is 480 g/mol. The first-order chi connectivity index (χ1) is 18.6. The fourth-order valence-electron chi connectivity index (χ4n) is 4.74. The number of tetrazole rings is 1. The molecule has 3 aromatic heterocycles. The van der Waals surface area contributed by atoms with Crippen LogP contribution in [0.5, 0.6) is 0 Å². The molecule has 0 saturated carbocycles. The topological polar surface area (TPSA) is 116 Å². The van der Waals surface area contributed by atoms with Gasteiger partial charge in [0.05, 0.1) is 11.4 Å². The Labute approximate surface area is 216 Å². The fraction of sp³-hybridized carbons (Fsp3) is 0.143. The summed E-state index contributed by atoms with van der Waals surface area (Å²) in [6.45, 7) is 2.51. The number of H-pyrrole nitrogens is 1. The normalized spacial score (nSPS) is 11.3. The van der Waals surface area contributed by atoms with Gasteiger partial charge in [-0.2, -0.15) is 4.68 Å². The summed E-state index contributed by atoms with van der Waals surface area (Å²) in [5, 5.41) is 11.5. The zero-order valence-electron chi connectivity index (χ0n) is 20.7. The van der Waals surface area contributed by atoms with E-state index in [1.54, 1.807) is 11.0 Å². The van der Waals surface area contributed by atoms with E-state index in [9.17, 15) is 9.59 Å². The molecule has 0 unspecified atom stereocenters. The van der Waals surface area contributed by atoms with Gasteiger partial charge in [0.25, 0.3) is 5.56 Å². The monoisotopic (exact) mass is 504 g/mol. The maximum Gasteiger partial charge on any atom is 0.334 e. The Balaban J connectivity index is 1.42. The summed E-state index contributed by atoms with van der Waals surface area (Å²) >= 11 is 0. The molecule has 0 aliphatic carbocycles. The van der Waals surface area contributed by atoms with E-state index in [2.05, 4.69) is 27.4 Å². The van der Waals surface area contributed by atoms with Gasteiger partial charge in [-0.25, -0.2) is 14.3 Å². The number of para-hydroxylation sites is 2. The number of nitrogens with one attached hydrogen (secondary N) is 1. The molecule has 0 bridgehead atoms. The van der Waals surface area contributed by atoms with Crippen LogP contribution in [0.2, 0.25) is 0 Å². The van der Waals surface area contributed by atoms with Crippen LogP contribution in [0.25, 0.3) is 33.7 Å². The fourth-order valence-corrected chi connectivity index (χ4v) is 4.74. The minimum atomic E-state index is -0.507. The third-order valence-electron chi connectivity index (χ3n) is 6.47. The minimum absolute atomic E-state index is 0.361. The third kappa shape index (κ3) is 4.11. The van der Waals surface area contributed by atoms with Crippen molar-refractivity contribution in [3.8, 4) is 22.5 Å². The van der Waals surface area contributed by atoms with Crippen molar-refractivity contribution in [3.63, 3.8) is 0 Å². The van der Waals surface area contributed by atoms with Gasteiger partial charge in [-0.15, -0.1) is 5.10 Å². The molecule has 0 aliphatic heterocycles. The van der Waals surface area contributed by atoms with Crippen LogP contribution in [0, 0.1) is 0 Å². The summed E-state index contributed by atoms with van der Waals surface area (Å²) in [5.41, 5.74) is 4.33. The van der Waals surface area contributed by atoms with E-state index in [1.165, 1.54) is 4.57 Å². The van der Waals surface area contributed by atoms with Crippen LogP contribution >= 0.6 is 0 Å². The van der Waals surface area contributed by atoms with Crippen molar-refractivity contribution in [2.45, 2.75) is 26.3 Å². The summed E-state index contributed by atoms with van der Waals surface area (Å²) in [7, 11) is 0. The van der Waals surface area contributed by atoms with Crippen LogP contribution in [0.15, 0.2) is 94.8 Å². The smallest absolute Gasteiger partial charge is 0.318 e. The van der Waals surface area contributed by atoms with Gasteiger partial charge in [0.1, 0.15) is 12.2 Å². The molecule has 10 heteroatoms. The first kappa shape index (κ1) is 23.3. The largest absolute Gasteiger partial charge is 0.334 e. The molecule has 0 spiro atoms. The number of imidazole rings is 1. The molecule has 0 aliphatic rings. The standard InChI is InChI=1S/C28H24N8O2/c1-2-8-24-30-26-25(27(37)31-28(38)36(26)21-9-4-3-5-10-21)34(24)17-19-13-15-20(16-14-19)22-11-6-7-12-23(22)35-18-29-32-33-35/h3-7,9-16,18H,2,8,17H2,1H3,(H,31,37,38). The average molecular weight is 505 g/mol. The molecule has 0 amide bonds. The van der Waals surface area contributed by atoms with Crippen molar-refractivity contribution in [2.75, 3.05) is 0 Å². The van der Waals surface area contributed by atoms with E-state index >= 15 is 0 Å². The van der Waals surface area contributed by atoms with Gasteiger partial charge >= 0.3 is 5.69 Å². The van der Waals surface area contributed by atoms with Gasteiger partial charge in [-0.1, -0.05) is 67.6 Å². The molecule has 6 aromatic rings. The highest BCUT2D eigenvalue weighted by molar-refractivity contribution is 5.74. The number of rotatable bonds is 7. The SMILES string of the molecule is CCCc1nc2c(c(=O)[nH]c(=O)n2-c2ccccc2)n1Cc1ccc(-c2ccccc2-n2cnnn2)cc1. The van der Waals surface area contributed by atoms with Crippen molar-refractivity contribution in [1.29, 1.82) is 0 Å². The number of aromatic nitrogens is 8. The van der Waals surface area contributed by atoms with Gasteiger partial charge in [0, 0.05) is 18.5 Å². The number of aromatic amines is 1. The lowest BCUT2D eigenvalue weighted by molar-refractivity contribution is 0.719. The van der Waals surface area contributed by atoms with Crippen LogP contribution in [-0.4, -0.2) is 39.3 Å². The van der Waals surface area contributed by atoms with E-state index in [-0.39, 0.29) is 0 Å². The Bertz CT molecular complexity index is 1830. The van der Waals surface area contributed by atoms with Gasteiger partial charge < -0.3 is 4.57 Å². The summed E-state index contributed by atoms with van der Waals surface area (Å²) < 4.78 is 5.02. The Morgan fingerprint density at radius 3 is 2.39 bits per heavy atom. The molecule has 0 atom stereocenters. The van der Waals surface area contributed by atoms with Crippen LogP contribution in [0.3, 0.4) is 0 Å². The molecule has 3 aromatic carbocycles. The number of hydrogen-bond acceptors (Lipinski definition) is 6. The van der Waals surface area contributed by atoms with Crippen LogP contribution in [-0.2, 0) is 13.0 Å².